The van der Waals surface area contributed by atoms with Gasteiger partial charge in [0, 0.05) is 25.2 Å². The fraction of sp³-hybridized carbons (Fsp3) is 0.417. The smallest absolute Gasteiger partial charge is 0.243 e. The van der Waals surface area contributed by atoms with Crippen LogP contribution in [0.5, 0.6) is 0 Å². The molecule has 0 radical (unpaired) electrons. The summed E-state index contributed by atoms with van der Waals surface area (Å²) in [6, 6.07) is 4.44. The van der Waals surface area contributed by atoms with E-state index in [4.69, 9.17) is 5.26 Å². The second kappa shape index (κ2) is 6.98. The van der Waals surface area contributed by atoms with Gasteiger partial charge in [0.1, 0.15) is 11.0 Å². The molecule has 1 aromatic rings. The Balaban J connectivity index is 2.68. The number of carbonyl (C=O) groups is 1. The summed E-state index contributed by atoms with van der Waals surface area (Å²) in [7, 11) is -3.84. The summed E-state index contributed by atoms with van der Waals surface area (Å²) in [5.41, 5.74) is -0.174. The molecule has 2 N–H and O–H groups in total. The van der Waals surface area contributed by atoms with Crippen LogP contribution >= 0.6 is 0 Å². The van der Waals surface area contributed by atoms with E-state index in [1.165, 1.54) is 18.3 Å². The van der Waals surface area contributed by atoms with Crippen molar-refractivity contribution in [3.05, 3.63) is 24.0 Å². The third kappa shape index (κ3) is 4.60. The first-order chi connectivity index (χ1) is 9.36. The number of rotatable bonds is 6. The number of sulfonamides is 1. The van der Waals surface area contributed by atoms with Gasteiger partial charge in [0.25, 0.3) is 0 Å². The molecule has 1 amide bonds. The van der Waals surface area contributed by atoms with Gasteiger partial charge < -0.3 is 5.32 Å². The minimum absolute atomic E-state index is 0.00243. The molecule has 1 heterocycles. The van der Waals surface area contributed by atoms with Gasteiger partial charge in [0.15, 0.2) is 5.69 Å². The van der Waals surface area contributed by atoms with E-state index in [9.17, 15) is 13.2 Å². The van der Waals surface area contributed by atoms with Gasteiger partial charge in [-0.3, -0.25) is 4.79 Å². The average molecular weight is 296 g/mol. The number of hydrogen-bond acceptors (Lipinski definition) is 5. The summed E-state index contributed by atoms with van der Waals surface area (Å²) in [6.45, 7) is 3.59. The molecule has 0 saturated carbocycles. The largest absolute Gasteiger partial charge is 0.354 e. The Morgan fingerprint density at radius 1 is 1.50 bits per heavy atom. The van der Waals surface area contributed by atoms with Crippen molar-refractivity contribution in [2.45, 2.75) is 31.2 Å². The third-order valence-electron chi connectivity index (χ3n) is 2.26. The number of nitrogens with zero attached hydrogens (tertiary/aromatic N) is 2. The molecule has 0 bridgehead atoms. The van der Waals surface area contributed by atoms with Gasteiger partial charge in [0.05, 0.1) is 0 Å². The summed E-state index contributed by atoms with van der Waals surface area (Å²) >= 11 is 0. The maximum atomic E-state index is 12.0. The molecule has 1 rings (SSSR count). The van der Waals surface area contributed by atoms with E-state index in [1.54, 1.807) is 6.07 Å². The Hall–Kier alpha value is -1.98. The molecule has 0 saturated heterocycles. The van der Waals surface area contributed by atoms with Crippen molar-refractivity contribution in [1.82, 2.24) is 15.0 Å². The van der Waals surface area contributed by atoms with Crippen molar-refractivity contribution in [3.8, 4) is 6.07 Å². The second-order valence-electron chi connectivity index (χ2n) is 4.33. The van der Waals surface area contributed by atoms with Crippen molar-refractivity contribution in [3.63, 3.8) is 0 Å². The quantitative estimate of drug-likeness (QED) is 0.776. The first-order valence-electron chi connectivity index (χ1n) is 6.01. The predicted octanol–water partition coefficient (Wildman–Crippen LogP) is 0.146. The molecular formula is C12H16N4O3S. The van der Waals surface area contributed by atoms with Crippen molar-refractivity contribution >= 4 is 15.9 Å². The minimum Gasteiger partial charge on any atom is -0.354 e. The Morgan fingerprint density at radius 2 is 2.20 bits per heavy atom. The number of amides is 1. The van der Waals surface area contributed by atoms with E-state index in [1.807, 2.05) is 13.8 Å². The number of carbonyl (C=O) groups excluding carboxylic acids is 1. The van der Waals surface area contributed by atoms with Crippen LogP contribution < -0.4 is 10.0 Å². The molecule has 0 atom stereocenters. The van der Waals surface area contributed by atoms with Crippen LogP contribution in [-0.4, -0.2) is 31.9 Å². The van der Waals surface area contributed by atoms with Crippen LogP contribution in [-0.2, 0) is 14.8 Å². The summed E-state index contributed by atoms with van der Waals surface area (Å²) in [4.78, 5) is 14.9. The van der Waals surface area contributed by atoms with Crippen LogP contribution in [0.4, 0.5) is 0 Å². The molecule has 0 aromatic carbocycles. The molecular weight excluding hydrogens is 280 g/mol. The lowest BCUT2D eigenvalue weighted by Gasteiger charge is -2.09. The molecule has 20 heavy (non-hydrogen) atoms. The molecule has 1 aromatic heterocycles. The molecule has 0 spiro atoms. The van der Waals surface area contributed by atoms with Crippen LogP contribution in [0.3, 0.4) is 0 Å². The van der Waals surface area contributed by atoms with Crippen LogP contribution in [0.25, 0.3) is 0 Å². The molecule has 0 aliphatic rings. The lowest BCUT2D eigenvalue weighted by atomic mass is 10.3. The SMILES string of the molecule is CC(C)NC(=O)CCNS(=O)(=O)c1cccnc1C#N. The number of nitriles is 1. The molecule has 8 heteroatoms. The normalized spacial score (nSPS) is 11.1. The zero-order chi connectivity index (χ0) is 15.2. The van der Waals surface area contributed by atoms with E-state index in [0.29, 0.717) is 0 Å². The van der Waals surface area contributed by atoms with Gasteiger partial charge in [-0.2, -0.15) is 5.26 Å². The topological polar surface area (TPSA) is 112 Å². The van der Waals surface area contributed by atoms with Gasteiger partial charge in [-0.25, -0.2) is 18.1 Å². The monoisotopic (exact) mass is 296 g/mol. The van der Waals surface area contributed by atoms with Crippen LogP contribution in [0.15, 0.2) is 23.2 Å². The highest BCUT2D eigenvalue weighted by atomic mass is 32.2. The number of hydrogen-bond donors (Lipinski definition) is 2. The maximum absolute atomic E-state index is 12.0. The van der Waals surface area contributed by atoms with E-state index in [0.717, 1.165) is 0 Å². The molecule has 0 fully saturated rings. The standard InChI is InChI=1S/C12H16N4O3S/c1-9(2)16-12(17)5-7-15-20(18,19)11-4-3-6-14-10(11)8-13/h3-4,6,9,15H,5,7H2,1-2H3,(H,16,17). The molecule has 0 unspecified atom stereocenters. The number of aromatic nitrogens is 1. The Bertz CT molecular complexity index is 620. The van der Waals surface area contributed by atoms with Crippen LogP contribution in [0.1, 0.15) is 26.0 Å². The minimum atomic E-state index is -3.84. The zero-order valence-corrected chi connectivity index (χ0v) is 12.1. The average Bonchev–Trinajstić information content (AvgIpc) is 2.37. The predicted molar refractivity (Wildman–Crippen MR) is 72.0 cm³/mol. The lowest BCUT2D eigenvalue weighted by Crippen LogP contribution is -2.34. The Labute approximate surface area is 118 Å². The molecule has 0 aliphatic carbocycles. The zero-order valence-electron chi connectivity index (χ0n) is 11.3. The van der Waals surface area contributed by atoms with Crippen molar-refractivity contribution < 1.29 is 13.2 Å². The summed E-state index contributed by atoms with van der Waals surface area (Å²) < 4.78 is 26.2. The molecule has 0 aliphatic heterocycles. The fourth-order valence-corrected chi connectivity index (χ4v) is 2.60. The second-order valence-corrected chi connectivity index (χ2v) is 6.07. The fourth-order valence-electron chi connectivity index (χ4n) is 1.46. The van der Waals surface area contributed by atoms with Gasteiger partial charge in [-0.15, -0.1) is 0 Å². The highest BCUT2D eigenvalue weighted by molar-refractivity contribution is 7.89. The van der Waals surface area contributed by atoms with E-state index in [-0.39, 0.29) is 35.5 Å². The summed E-state index contributed by atoms with van der Waals surface area (Å²) in [5.74, 6) is -0.241. The van der Waals surface area contributed by atoms with E-state index < -0.39 is 10.0 Å². The van der Waals surface area contributed by atoms with Crippen LogP contribution in [0.2, 0.25) is 0 Å². The van der Waals surface area contributed by atoms with Gasteiger partial charge in [-0.1, -0.05) is 0 Å². The highest BCUT2D eigenvalue weighted by Crippen LogP contribution is 2.11. The number of nitrogens with one attached hydrogen (secondary N) is 2. The Kier molecular flexibility index (Phi) is 5.61. The third-order valence-corrected chi connectivity index (χ3v) is 3.75. The van der Waals surface area contributed by atoms with Crippen molar-refractivity contribution in [2.75, 3.05) is 6.54 Å². The number of pyridine rings is 1. The Morgan fingerprint density at radius 3 is 2.80 bits per heavy atom. The maximum Gasteiger partial charge on any atom is 0.243 e. The van der Waals surface area contributed by atoms with E-state index in [2.05, 4.69) is 15.0 Å². The van der Waals surface area contributed by atoms with Crippen molar-refractivity contribution in [1.29, 1.82) is 5.26 Å². The molecule has 108 valence electrons. The summed E-state index contributed by atoms with van der Waals surface area (Å²) in [6.07, 6.45) is 1.37. The highest BCUT2D eigenvalue weighted by Gasteiger charge is 2.19. The lowest BCUT2D eigenvalue weighted by molar-refractivity contribution is -0.121. The van der Waals surface area contributed by atoms with E-state index >= 15 is 0 Å². The van der Waals surface area contributed by atoms with Crippen LogP contribution in [0, 0.1) is 11.3 Å². The van der Waals surface area contributed by atoms with Gasteiger partial charge in [-0.05, 0) is 26.0 Å². The van der Waals surface area contributed by atoms with Gasteiger partial charge >= 0.3 is 0 Å². The van der Waals surface area contributed by atoms with Gasteiger partial charge in [0.2, 0.25) is 15.9 Å². The molecule has 7 nitrogen and oxygen atoms in total. The summed E-state index contributed by atoms with van der Waals surface area (Å²) in [5, 5.41) is 11.5. The van der Waals surface area contributed by atoms with Crippen molar-refractivity contribution in [2.24, 2.45) is 0 Å². The first-order valence-corrected chi connectivity index (χ1v) is 7.49. The first kappa shape index (κ1) is 16.1.